The molecule has 1 atom stereocenters. The van der Waals surface area contributed by atoms with Crippen molar-refractivity contribution >= 4 is 6.03 Å². The number of carbonyl (C=O) groups excluding carboxylic acids is 1. The van der Waals surface area contributed by atoms with Gasteiger partial charge in [0.25, 0.3) is 0 Å². The van der Waals surface area contributed by atoms with Crippen LogP contribution in [0.15, 0.2) is 18.2 Å². The normalized spacial score (nSPS) is 17.1. The summed E-state index contributed by atoms with van der Waals surface area (Å²) in [4.78, 5) is 12.1. The molecule has 2 rings (SSSR count). The van der Waals surface area contributed by atoms with E-state index in [4.69, 9.17) is 4.74 Å². The van der Waals surface area contributed by atoms with Crippen LogP contribution in [0.3, 0.4) is 0 Å². The lowest BCUT2D eigenvalue weighted by Gasteiger charge is -2.24. The fourth-order valence-electron chi connectivity index (χ4n) is 2.94. The minimum absolute atomic E-state index is 0.0801. The summed E-state index contributed by atoms with van der Waals surface area (Å²) in [7, 11) is 1.66. The van der Waals surface area contributed by atoms with Crippen molar-refractivity contribution in [3.05, 3.63) is 29.3 Å². The van der Waals surface area contributed by atoms with E-state index in [1.807, 2.05) is 26.0 Å². The Morgan fingerprint density at radius 1 is 1.29 bits per heavy atom. The van der Waals surface area contributed by atoms with Crippen LogP contribution in [0.1, 0.15) is 56.2 Å². The molecule has 0 aliphatic heterocycles. The fourth-order valence-corrected chi connectivity index (χ4v) is 2.94. The summed E-state index contributed by atoms with van der Waals surface area (Å²) in [6.45, 7) is 4.02. The van der Waals surface area contributed by atoms with Crippen molar-refractivity contribution in [3.8, 4) is 5.75 Å². The second-order valence-electron chi connectivity index (χ2n) is 5.92. The van der Waals surface area contributed by atoms with Gasteiger partial charge in [0.1, 0.15) is 5.75 Å². The van der Waals surface area contributed by atoms with E-state index in [2.05, 4.69) is 16.7 Å². The lowest BCUT2D eigenvalue weighted by atomic mass is 9.96. The van der Waals surface area contributed by atoms with Crippen LogP contribution in [0.25, 0.3) is 0 Å². The van der Waals surface area contributed by atoms with E-state index in [1.165, 1.54) is 19.3 Å². The number of hydrogen-bond donors (Lipinski definition) is 2. The van der Waals surface area contributed by atoms with Crippen molar-refractivity contribution in [3.63, 3.8) is 0 Å². The summed E-state index contributed by atoms with van der Waals surface area (Å²) in [5, 5.41) is 6.10. The van der Waals surface area contributed by atoms with Gasteiger partial charge >= 0.3 is 6.03 Å². The summed E-state index contributed by atoms with van der Waals surface area (Å²) in [6.07, 6.45) is 5.90. The van der Waals surface area contributed by atoms with E-state index in [0.29, 0.717) is 6.04 Å². The monoisotopic (exact) mass is 290 g/mol. The van der Waals surface area contributed by atoms with Crippen LogP contribution in [-0.4, -0.2) is 19.2 Å². The quantitative estimate of drug-likeness (QED) is 0.888. The molecule has 2 N–H and O–H groups in total. The molecule has 1 fully saturated rings. The molecule has 1 aliphatic rings. The third-order valence-electron chi connectivity index (χ3n) is 4.14. The number of amides is 2. The lowest BCUT2D eigenvalue weighted by Crippen LogP contribution is -2.43. The Morgan fingerprint density at radius 3 is 2.67 bits per heavy atom. The van der Waals surface area contributed by atoms with E-state index >= 15 is 0 Å². The summed E-state index contributed by atoms with van der Waals surface area (Å²) >= 11 is 0. The van der Waals surface area contributed by atoms with Gasteiger partial charge in [-0.05, 0) is 32.8 Å². The van der Waals surface area contributed by atoms with Crippen molar-refractivity contribution in [2.75, 3.05) is 7.11 Å². The molecule has 116 valence electrons. The van der Waals surface area contributed by atoms with Crippen LogP contribution in [0.5, 0.6) is 5.75 Å². The summed E-state index contributed by atoms with van der Waals surface area (Å²) in [6, 6.07) is 6.18. The molecule has 4 heteroatoms. The van der Waals surface area contributed by atoms with Crippen molar-refractivity contribution in [2.45, 2.75) is 58.0 Å². The largest absolute Gasteiger partial charge is 0.496 e. The van der Waals surface area contributed by atoms with Crippen LogP contribution in [0, 0.1) is 6.92 Å². The Morgan fingerprint density at radius 2 is 2.00 bits per heavy atom. The van der Waals surface area contributed by atoms with Gasteiger partial charge in [-0.3, -0.25) is 0 Å². The molecule has 0 heterocycles. The maximum Gasteiger partial charge on any atom is 0.315 e. The number of rotatable bonds is 4. The van der Waals surface area contributed by atoms with Crippen molar-refractivity contribution in [2.24, 2.45) is 0 Å². The summed E-state index contributed by atoms with van der Waals surface area (Å²) < 4.78 is 5.38. The molecule has 0 spiro atoms. The Bertz CT molecular complexity index is 482. The maximum atomic E-state index is 12.1. The predicted octanol–water partition coefficient (Wildman–Crippen LogP) is 3.70. The van der Waals surface area contributed by atoms with E-state index in [1.54, 1.807) is 7.11 Å². The standard InChI is InChI=1S/C17H26N2O2/c1-12-9-10-16(21-3)15(11-12)13(2)18-17(20)19-14-7-5-4-6-8-14/h9-11,13-14H,4-8H2,1-3H3,(H2,18,19,20). The summed E-state index contributed by atoms with van der Waals surface area (Å²) in [5.41, 5.74) is 2.17. The number of benzene rings is 1. The molecule has 1 unspecified atom stereocenters. The third kappa shape index (κ3) is 4.38. The second-order valence-corrected chi connectivity index (χ2v) is 5.92. The van der Waals surface area contributed by atoms with Gasteiger partial charge in [-0.1, -0.05) is 37.0 Å². The molecule has 0 saturated heterocycles. The van der Waals surface area contributed by atoms with Crippen LogP contribution >= 0.6 is 0 Å². The van der Waals surface area contributed by atoms with E-state index < -0.39 is 0 Å². The zero-order chi connectivity index (χ0) is 15.2. The first kappa shape index (κ1) is 15.7. The third-order valence-corrected chi connectivity index (χ3v) is 4.14. The minimum Gasteiger partial charge on any atom is -0.496 e. The smallest absolute Gasteiger partial charge is 0.315 e. The average Bonchev–Trinajstić information content (AvgIpc) is 2.48. The highest BCUT2D eigenvalue weighted by Gasteiger charge is 2.18. The first-order valence-corrected chi connectivity index (χ1v) is 7.81. The van der Waals surface area contributed by atoms with Gasteiger partial charge in [0.05, 0.1) is 13.2 Å². The molecule has 0 bridgehead atoms. The van der Waals surface area contributed by atoms with Gasteiger partial charge < -0.3 is 15.4 Å². The molecule has 1 aromatic rings. The molecule has 1 saturated carbocycles. The van der Waals surface area contributed by atoms with Crippen LogP contribution in [-0.2, 0) is 0 Å². The van der Waals surface area contributed by atoms with Gasteiger partial charge in [0.15, 0.2) is 0 Å². The number of aryl methyl sites for hydroxylation is 1. The predicted molar refractivity (Wildman–Crippen MR) is 84.7 cm³/mol. The van der Waals surface area contributed by atoms with Gasteiger partial charge in [0.2, 0.25) is 0 Å². The second kappa shape index (κ2) is 7.34. The summed E-state index contributed by atoms with van der Waals surface area (Å²) in [5.74, 6) is 0.811. The van der Waals surface area contributed by atoms with Crippen LogP contribution < -0.4 is 15.4 Å². The van der Waals surface area contributed by atoms with Crippen LogP contribution in [0.4, 0.5) is 4.79 Å². The van der Waals surface area contributed by atoms with Gasteiger partial charge in [-0.2, -0.15) is 0 Å². The topological polar surface area (TPSA) is 50.4 Å². The number of ether oxygens (including phenoxy) is 1. The maximum absolute atomic E-state index is 12.1. The Hall–Kier alpha value is -1.71. The van der Waals surface area contributed by atoms with Crippen molar-refractivity contribution in [1.82, 2.24) is 10.6 Å². The Labute approximate surface area is 127 Å². The number of hydrogen-bond acceptors (Lipinski definition) is 2. The highest BCUT2D eigenvalue weighted by atomic mass is 16.5. The first-order chi connectivity index (χ1) is 10.1. The average molecular weight is 290 g/mol. The number of urea groups is 1. The molecule has 4 nitrogen and oxygen atoms in total. The molecule has 0 radical (unpaired) electrons. The highest BCUT2D eigenvalue weighted by molar-refractivity contribution is 5.74. The van der Waals surface area contributed by atoms with Crippen molar-refractivity contribution in [1.29, 1.82) is 0 Å². The molecular formula is C17H26N2O2. The number of carbonyl (C=O) groups is 1. The van der Waals surface area contributed by atoms with E-state index in [0.717, 1.165) is 29.7 Å². The minimum atomic E-state index is -0.0852. The Kier molecular flexibility index (Phi) is 5.48. The lowest BCUT2D eigenvalue weighted by molar-refractivity contribution is 0.229. The van der Waals surface area contributed by atoms with Gasteiger partial charge in [-0.15, -0.1) is 0 Å². The van der Waals surface area contributed by atoms with Gasteiger partial charge in [0, 0.05) is 11.6 Å². The number of nitrogens with one attached hydrogen (secondary N) is 2. The molecule has 2 amide bonds. The molecular weight excluding hydrogens is 264 g/mol. The highest BCUT2D eigenvalue weighted by Crippen LogP contribution is 2.26. The fraction of sp³-hybridized carbons (Fsp3) is 0.588. The Balaban J connectivity index is 1.95. The SMILES string of the molecule is COc1ccc(C)cc1C(C)NC(=O)NC1CCCCC1. The van der Waals surface area contributed by atoms with Crippen LogP contribution in [0.2, 0.25) is 0 Å². The zero-order valence-electron chi connectivity index (χ0n) is 13.2. The number of methoxy groups -OCH3 is 1. The molecule has 1 aliphatic carbocycles. The first-order valence-electron chi connectivity index (χ1n) is 7.81. The van der Waals surface area contributed by atoms with E-state index in [-0.39, 0.29) is 12.1 Å². The zero-order valence-corrected chi connectivity index (χ0v) is 13.2. The van der Waals surface area contributed by atoms with E-state index in [9.17, 15) is 4.79 Å². The molecule has 0 aromatic heterocycles. The molecule has 1 aromatic carbocycles. The van der Waals surface area contributed by atoms with Gasteiger partial charge in [-0.25, -0.2) is 4.79 Å². The molecule has 21 heavy (non-hydrogen) atoms. The van der Waals surface area contributed by atoms with Crippen molar-refractivity contribution < 1.29 is 9.53 Å².